The van der Waals surface area contributed by atoms with Gasteiger partial charge in [0, 0.05) is 49.6 Å². The molecule has 7 nitrogen and oxygen atoms in total. The van der Waals surface area contributed by atoms with Gasteiger partial charge in [0.15, 0.2) is 0 Å². The van der Waals surface area contributed by atoms with Crippen molar-refractivity contribution in [3.05, 3.63) is 94.0 Å². The first-order valence-corrected chi connectivity index (χ1v) is 10.8. The summed E-state index contributed by atoms with van der Waals surface area (Å²) in [7, 11) is 0. The number of amides is 2. The van der Waals surface area contributed by atoms with E-state index >= 15 is 0 Å². The maximum atomic E-state index is 14.4. The lowest BCUT2D eigenvalue weighted by Gasteiger charge is -2.24. The number of aromatic nitrogens is 3. The zero-order chi connectivity index (χ0) is 23.8. The zero-order valence-electron chi connectivity index (χ0n) is 17.7. The summed E-state index contributed by atoms with van der Waals surface area (Å²) in [6.45, 7) is 0.679. The number of carbonyl (C=O) groups is 2. The molecule has 4 heterocycles. The van der Waals surface area contributed by atoms with E-state index in [1.807, 2.05) is 6.07 Å². The number of hydrogen-bond acceptors (Lipinski definition) is 4. The van der Waals surface area contributed by atoms with Crippen LogP contribution in [0.1, 0.15) is 27.2 Å². The number of fused-ring (bicyclic) bond motifs is 2. The maximum Gasteiger partial charge on any atom is 0.268 e. The van der Waals surface area contributed by atoms with Crippen LogP contribution in [-0.2, 0) is 24.3 Å². The Morgan fingerprint density at radius 3 is 2.74 bits per heavy atom. The van der Waals surface area contributed by atoms with Crippen LogP contribution >= 0.6 is 11.6 Å². The summed E-state index contributed by atoms with van der Waals surface area (Å²) < 4.78 is 27.8. The molecule has 4 aromatic rings. The second-order valence-corrected chi connectivity index (χ2v) is 8.52. The Morgan fingerprint density at radius 2 is 1.94 bits per heavy atom. The van der Waals surface area contributed by atoms with E-state index in [9.17, 15) is 18.4 Å². The lowest BCUT2D eigenvalue weighted by atomic mass is 10.0. The van der Waals surface area contributed by atoms with Gasteiger partial charge in [-0.15, -0.1) is 0 Å². The third kappa shape index (κ3) is 4.34. The average molecular weight is 482 g/mol. The molecule has 34 heavy (non-hydrogen) atoms. The van der Waals surface area contributed by atoms with Gasteiger partial charge < -0.3 is 15.2 Å². The van der Waals surface area contributed by atoms with Gasteiger partial charge in [-0.05, 0) is 41.0 Å². The Kier molecular flexibility index (Phi) is 5.70. The van der Waals surface area contributed by atoms with Crippen LogP contribution in [0.15, 0.2) is 55.0 Å². The van der Waals surface area contributed by atoms with Gasteiger partial charge in [-0.3, -0.25) is 14.6 Å². The van der Waals surface area contributed by atoms with Crippen molar-refractivity contribution in [2.45, 2.75) is 25.6 Å². The van der Waals surface area contributed by atoms with Crippen molar-refractivity contribution in [2.75, 3.05) is 0 Å². The topological polar surface area (TPSA) is 91.0 Å². The standard InChI is InChI=1S/C24H18ClF2N5O2/c25-17-5-15-7-20(30-22(15)29-10-17)23(33)31-21(6-13-1-2-18(26)8-19(13)27)24(34)32-11-14-3-4-28-9-16(14)12-32/h1-5,7-10,21H,6,11-12H2,(H,29,30)(H,31,33)/t21-/m0/s1. The molecule has 2 amide bonds. The van der Waals surface area contributed by atoms with Crippen LogP contribution in [0.3, 0.4) is 0 Å². The fourth-order valence-electron chi connectivity index (χ4n) is 4.05. The summed E-state index contributed by atoms with van der Waals surface area (Å²) in [6, 6.07) is 7.12. The number of aromatic amines is 1. The highest BCUT2D eigenvalue weighted by molar-refractivity contribution is 6.31. The molecular weight excluding hydrogens is 464 g/mol. The number of hydrogen-bond donors (Lipinski definition) is 2. The molecule has 1 atom stereocenters. The van der Waals surface area contributed by atoms with Crippen LogP contribution in [0.5, 0.6) is 0 Å². The molecule has 3 aromatic heterocycles. The summed E-state index contributed by atoms with van der Waals surface area (Å²) in [4.78, 5) is 39.2. The minimum Gasteiger partial charge on any atom is -0.339 e. The molecule has 172 valence electrons. The van der Waals surface area contributed by atoms with E-state index < -0.39 is 23.6 Å². The largest absolute Gasteiger partial charge is 0.339 e. The number of pyridine rings is 2. The van der Waals surface area contributed by atoms with E-state index in [4.69, 9.17) is 11.6 Å². The minimum absolute atomic E-state index is 0.114. The number of nitrogens with zero attached hydrogens (tertiary/aromatic N) is 3. The number of halogens is 3. The van der Waals surface area contributed by atoms with Crippen LogP contribution < -0.4 is 5.32 Å². The molecule has 0 saturated carbocycles. The average Bonchev–Trinajstić information content (AvgIpc) is 3.43. The SMILES string of the molecule is O=C(N[C@@H](Cc1ccc(F)cc1F)C(=O)N1Cc2ccncc2C1)c1cc2cc(Cl)cnc2[nH]1. The molecule has 10 heteroatoms. The van der Waals surface area contributed by atoms with Crippen molar-refractivity contribution in [3.8, 4) is 0 Å². The minimum atomic E-state index is -1.09. The van der Waals surface area contributed by atoms with Gasteiger partial charge in [-0.25, -0.2) is 13.8 Å². The molecule has 1 aromatic carbocycles. The fraction of sp³-hybridized carbons (Fsp3) is 0.167. The Balaban J connectivity index is 1.42. The van der Waals surface area contributed by atoms with Crippen molar-refractivity contribution in [3.63, 3.8) is 0 Å². The predicted octanol–water partition coefficient (Wildman–Crippen LogP) is 3.77. The van der Waals surface area contributed by atoms with Gasteiger partial charge in [0.25, 0.3) is 5.91 Å². The molecule has 0 saturated heterocycles. The molecule has 0 fully saturated rings. The molecule has 2 N–H and O–H groups in total. The smallest absolute Gasteiger partial charge is 0.268 e. The Hall–Kier alpha value is -3.85. The van der Waals surface area contributed by atoms with E-state index in [2.05, 4.69) is 20.3 Å². The van der Waals surface area contributed by atoms with Crippen LogP contribution in [0.2, 0.25) is 5.02 Å². The number of benzene rings is 1. The highest BCUT2D eigenvalue weighted by Gasteiger charge is 2.31. The van der Waals surface area contributed by atoms with Crippen molar-refractivity contribution in [1.82, 2.24) is 25.2 Å². The van der Waals surface area contributed by atoms with E-state index in [1.54, 1.807) is 29.4 Å². The first-order chi connectivity index (χ1) is 16.4. The van der Waals surface area contributed by atoms with Crippen LogP contribution in [0, 0.1) is 11.6 Å². The highest BCUT2D eigenvalue weighted by Crippen LogP contribution is 2.24. The molecule has 1 aliphatic heterocycles. The summed E-state index contributed by atoms with van der Waals surface area (Å²) >= 11 is 5.97. The molecule has 0 spiro atoms. The first-order valence-electron chi connectivity index (χ1n) is 10.5. The third-order valence-corrected chi connectivity index (χ3v) is 5.97. The van der Waals surface area contributed by atoms with Crippen LogP contribution in [-0.4, -0.2) is 37.7 Å². The van der Waals surface area contributed by atoms with Crippen LogP contribution in [0.4, 0.5) is 8.78 Å². The van der Waals surface area contributed by atoms with Crippen molar-refractivity contribution >= 4 is 34.4 Å². The summed E-state index contributed by atoms with van der Waals surface area (Å²) in [6.07, 6.45) is 4.65. The molecule has 1 aliphatic rings. The van der Waals surface area contributed by atoms with Gasteiger partial charge in [0.1, 0.15) is 29.0 Å². The molecule has 0 unspecified atom stereocenters. The Bertz CT molecular complexity index is 1400. The summed E-state index contributed by atoms with van der Waals surface area (Å²) in [5.41, 5.74) is 2.62. The Labute approximate surface area is 197 Å². The molecule has 0 radical (unpaired) electrons. The molecular formula is C24H18ClF2N5O2. The van der Waals surface area contributed by atoms with Crippen molar-refractivity contribution in [1.29, 1.82) is 0 Å². The second-order valence-electron chi connectivity index (χ2n) is 8.08. The lowest BCUT2D eigenvalue weighted by molar-refractivity contribution is -0.133. The van der Waals surface area contributed by atoms with Gasteiger partial charge in [0.05, 0.1) is 5.02 Å². The highest BCUT2D eigenvalue weighted by atomic mass is 35.5. The second kappa shape index (κ2) is 8.83. The fourth-order valence-corrected chi connectivity index (χ4v) is 4.22. The normalized spacial score (nSPS) is 13.7. The lowest BCUT2D eigenvalue weighted by Crippen LogP contribution is -2.48. The zero-order valence-corrected chi connectivity index (χ0v) is 18.4. The van der Waals surface area contributed by atoms with Gasteiger partial charge in [-0.1, -0.05) is 17.7 Å². The van der Waals surface area contributed by atoms with Crippen LogP contribution in [0.25, 0.3) is 11.0 Å². The summed E-state index contributed by atoms with van der Waals surface area (Å²) in [5, 5.41) is 3.75. The Morgan fingerprint density at radius 1 is 1.12 bits per heavy atom. The van der Waals surface area contributed by atoms with E-state index in [0.29, 0.717) is 29.1 Å². The molecule has 0 aliphatic carbocycles. The van der Waals surface area contributed by atoms with E-state index in [-0.39, 0.29) is 23.6 Å². The third-order valence-electron chi connectivity index (χ3n) is 5.76. The number of carbonyl (C=O) groups excluding carboxylic acids is 2. The quantitative estimate of drug-likeness (QED) is 0.454. The van der Waals surface area contributed by atoms with Crippen molar-refractivity contribution < 1.29 is 18.4 Å². The van der Waals surface area contributed by atoms with E-state index in [0.717, 1.165) is 23.3 Å². The van der Waals surface area contributed by atoms with Gasteiger partial charge in [-0.2, -0.15) is 0 Å². The number of nitrogens with one attached hydrogen (secondary N) is 2. The summed E-state index contributed by atoms with van der Waals surface area (Å²) in [5.74, 6) is -2.45. The first kappa shape index (κ1) is 22.0. The van der Waals surface area contributed by atoms with Gasteiger partial charge in [0.2, 0.25) is 5.91 Å². The predicted molar refractivity (Wildman–Crippen MR) is 121 cm³/mol. The van der Waals surface area contributed by atoms with Crippen molar-refractivity contribution in [2.24, 2.45) is 0 Å². The number of H-pyrrole nitrogens is 1. The monoisotopic (exact) mass is 481 g/mol. The van der Waals surface area contributed by atoms with Gasteiger partial charge >= 0.3 is 0 Å². The molecule has 5 rings (SSSR count). The number of rotatable bonds is 5. The molecule has 0 bridgehead atoms. The maximum absolute atomic E-state index is 14.4. The van der Waals surface area contributed by atoms with E-state index in [1.165, 1.54) is 12.3 Å².